The van der Waals surface area contributed by atoms with Gasteiger partial charge < -0.3 is 16.0 Å². The number of benzene rings is 5. The average molecular weight is 750 g/mol. The maximum absolute atomic E-state index is 13.8. The number of nitrogens with zero attached hydrogens (tertiary/aromatic N) is 1. The summed E-state index contributed by atoms with van der Waals surface area (Å²) >= 11 is 15.3. The first kappa shape index (κ1) is 35.6. The number of carbonyl (C=O) groups is 3. The number of carbonyl (C=O) groups excluding carboxylic acids is 3. The molecule has 1 heterocycles. The van der Waals surface area contributed by atoms with Gasteiger partial charge in [-0.25, -0.2) is 4.98 Å². The number of thioether (sulfide) groups is 1. The highest BCUT2D eigenvalue weighted by Gasteiger charge is 2.24. The van der Waals surface area contributed by atoms with Crippen LogP contribution >= 0.6 is 46.3 Å². The van der Waals surface area contributed by atoms with Gasteiger partial charge in [0.05, 0.1) is 5.69 Å². The lowest BCUT2D eigenvalue weighted by atomic mass is 10.1. The molecule has 6 aromatic rings. The third kappa shape index (κ3) is 9.33. The van der Waals surface area contributed by atoms with Crippen LogP contribution in [0.3, 0.4) is 0 Å². The Kier molecular flexibility index (Phi) is 11.7. The van der Waals surface area contributed by atoms with Crippen molar-refractivity contribution in [1.82, 2.24) is 10.3 Å². The number of hydrogen-bond acceptors (Lipinski definition) is 6. The third-order valence-corrected chi connectivity index (χ3v) is 10.3. The Hall–Kier alpha value is -5.19. The second kappa shape index (κ2) is 16.7. The molecule has 0 fully saturated rings. The Morgan fingerprint density at radius 3 is 2.10 bits per heavy atom. The molecule has 0 saturated carbocycles. The van der Waals surface area contributed by atoms with Crippen molar-refractivity contribution in [3.63, 3.8) is 0 Å². The van der Waals surface area contributed by atoms with Gasteiger partial charge in [0, 0.05) is 36.6 Å². The first-order valence-electron chi connectivity index (χ1n) is 15.7. The molecular weight excluding hydrogens is 720 g/mol. The number of aryl methyl sites for hydroxylation is 1. The van der Waals surface area contributed by atoms with E-state index in [1.54, 1.807) is 60.7 Å². The van der Waals surface area contributed by atoms with E-state index in [1.165, 1.54) is 29.2 Å². The number of thiazole rings is 1. The average Bonchev–Trinajstić information content (AvgIpc) is 3.52. The molecule has 0 aliphatic heterocycles. The van der Waals surface area contributed by atoms with Crippen LogP contribution in [0.25, 0.3) is 17.3 Å². The third-order valence-electron chi connectivity index (χ3n) is 7.57. The molecule has 0 aliphatic rings. The molecule has 1 unspecified atom stereocenters. The molecule has 254 valence electrons. The van der Waals surface area contributed by atoms with Crippen molar-refractivity contribution < 1.29 is 14.4 Å². The summed E-state index contributed by atoms with van der Waals surface area (Å²) < 4.78 is 0. The van der Waals surface area contributed by atoms with Crippen molar-refractivity contribution in [3.8, 4) is 11.3 Å². The monoisotopic (exact) mass is 748 g/mol. The Labute approximate surface area is 313 Å². The lowest BCUT2D eigenvalue weighted by Crippen LogP contribution is -2.30. The molecule has 0 radical (unpaired) electrons. The number of aromatic nitrogens is 1. The smallest absolute Gasteiger partial charge is 0.272 e. The summed E-state index contributed by atoms with van der Waals surface area (Å²) in [5.41, 5.74) is 4.02. The van der Waals surface area contributed by atoms with E-state index in [2.05, 4.69) is 16.0 Å². The van der Waals surface area contributed by atoms with Crippen LogP contribution in [0.1, 0.15) is 31.6 Å². The van der Waals surface area contributed by atoms with Crippen LogP contribution in [0.2, 0.25) is 10.0 Å². The SMILES string of the molecule is Cc1sc(NC(=O)C(Sc2ccc(NC(=O)/C(=C/c3ccc(Cl)cc3Cl)NC(=O)c3ccccc3)cc2)c2ccccc2)nc1-c1ccccc1. The first-order valence-corrected chi connectivity index (χ1v) is 18.2. The fourth-order valence-electron chi connectivity index (χ4n) is 5.05. The maximum atomic E-state index is 13.8. The zero-order chi connectivity index (χ0) is 35.7. The lowest BCUT2D eigenvalue weighted by molar-refractivity contribution is -0.116. The highest BCUT2D eigenvalue weighted by atomic mass is 35.5. The number of nitrogens with one attached hydrogen (secondary N) is 3. The lowest BCUT2D eigenvalue weighted by Gasteiger charge is -2.17. The Balaban J connectivity index is 1.19. The van der Waals surface area contributed by atoms with E-state index in [0.717, 1.165) is 26.6 Å². The minimum atomic E-state index is -0.581. The van der Waals surface area contributed by atoms with Crippen LogP contribution in [0.5, 0.6) is 0 Å². The van der Waals surface area contributed by atoms with Gasteiger partial charge in [0.2, 0.25) is 5.91 Å². The molecule has 0 aliphatic carbocycles. The van der Waals surface area contributed by atoms with Crippen LogP contribution in [0, 0.1) is 6.92 Å². The second-order valence-electron chi connectivity index (χ2n) is 11.2. The van der Waals surface area contributed by atoms with E-state index in [4.69, 9.17) is 28.2 Å². The fourth-order valence-corrected chi connectivity index (χ4v) is 7.38. The van der Waals surface area contributed by atoms with E-state index in [-0.39, 0.29) is 11.6 Å². The topological polar surface area (TPSA) is 100 Å². The zero-order valence-corrected chi connectivity index (χ0v) is 30.2. The van der Waals surface area contributed by atoms with E-state index in [9.17, 15) is 14.4 Å². The number of hydrogen-bond donors (Lipinski definition) is 3. The number of rotatable bonds is 11. The normalized spacial score (nSPS) is 11.8. The van der Waals surface area contributed by atoms with Gasteiger partial charge in [0.1, 0.15) is 10.9 Å². The second-order valence-corrected chi connectivity index (χ2v) is 14.4. The Bertz CT molecular complexity index is 2190. The van der Waals surface area contributed by atoms with Crippen molar-refractivity contribution in [2.24, 2.45) is 0 Å². The largest absolute Gasteiger partial charge is 0.321 e. The highest BCUT2D eigenvalue weighted by molar-refractivity contribution is 8.00. The summed E-state index contributed by atoms with van der Waals surface area (Å²) in [5, 5.41) is 9.30. The summed E-state index contributed by atoms with van der Waals surface area (Å²) in [6.45, 7) is 1.99. The van der Waals surface area contributed by atoms with Crippen molar-refractivity contribution >= 4 is 80.9 Å². The standard InChI is InChI=1S/C40H30Cl2N4O3S2/c1-25-35(26-11-5-2-6-12-26)45-40(50-25)46-39(49)36(27-13-7-3-8-14-27)51-32-21-19-31(20-22-32)43-38(48)34(23-29-17-18-30(41)24-33(29)42)44-37(47)28-15-9-4-10-16-28/h2-24,36H,1H3,(H,43,48)(H,44,47)(H,45,46,49)/b34-23-. The van der Waals surface area contributed by atoms with Gasteiger partial charge in [-0.15, -0.1) is 23.1 Å². The summed E-state index contributed by atoms with van der Waals surface area (Å²) in [4.78, 5) is 46.9. The first-order chi connectivity index (χ1) is 24.7. The van der Waals surface area contributed by atoms with E-state index in [1.807, 2.05) is 79.7 Å². The molecule has 0 saturated heterocycles. The minimum Gasteiger partial charge on any atom is -0.321 e. The molecule has 51 heavy (non-hydrogen) atoms. The Morgan fingerprint density at radius 1 is 0.784 bits per heavy atom. The number of anilines is 2. The van der Waals surface area contributed by atoms with E-state index < -0.39 is 17.1 Å². The Morgan fingerprint density at radius 2 is 1.43 bits per heavy atom. The van der Waals surface area contributed by atoms with Crippen LogP contribution < -0.4 is 16.0 Å². The molecule has 6 rings (SSSR count). The van der Waals surface area contributed by atoms with Gasteiger partial charge in [-0.3, -0.25) is 14.4 Å². The molecule has 0 bridgehead atoms. The molecule has 7 nitrogen and oxygen atoms in total. The van der Waals surface area contributed by atoms with E-state index >= 15 is 0 Å². The predicted molar refractivity (Wildman–Crippen MR) is 209 cm³/mol. The van der Waals surface area contributed by atoms with Gasteiger partial charge in [-0.05, 0) is 72.7 Å². The van der Waals surface area contributed by atoms with E-state index in [0.29, 0.717) is 32.0 Å². The fraction of sp³-hybridized carbons (Fsp3) is 0.0500. The molecule has 1 atom stereocenters. The maximum Gasteiger partial charge on any atom is 0.272 e. The van der Waals surface area contributed by atoms with Gasteiger partial charge in [-0.2, -0.15) is 0 Å². The molecule has 5 aromatic carbocycles. The zero-order valence-electron chi connectivity index (χ0n) is 27.1. The predicted octanol–water partition coefficient (Wildman–Crippen LogP) is 10.3. The quantitative estimate of drug-likeness (QED) is 0.0905. The molecule has 11 heteroatoms. The van der Waals surface area contributed by atoms with Crippen LogP contribution in [0.4, 0.5) is 10.8 Å². The molecule has 3 amide bonds. The molecule has 3 N–H and O–H groups in total. The van der Waals surface area contributed by atoms with Crippen molar-refractivity contribution in [2.75, 3.05) is 10.6 Å². The van der Waals surface area contributed by atoms with Gasteiger partial charge in [0.15, 0.2) is 5.13 Å². The van der Waals surface area contributed by atoms with Crippen LogP contribution in [0.15, 0.2) is 144 Å². The van der Waals surface area contributed by atoms with Crippen molar-refractivity contribution in [1.29, 1.82) is 0 Å². The summed E-state index contributed by atoms with van der Waals surface area (Å²) in [7, 11) is 0. The molecular formula is C40H30Cl2N4O3S2. The van der Waals surface area contributed by atoms with Crippen LogP contribution in [-0.2, 0) is 9.59 Å². The van der Waals surface area contributed by atoms with Crippen molar-refractivity contribution in [3.05, 3.63) is 171 Å². The molecule has 0 spiro atoms. The van der Waals surface area contributed by atoms with Gasteiger partial charge in [0.25, 0.3) is 11.8 Å². The molecule has 1 aromatic heterocycles. The van der Waals surface area contributed by atoms with Gasteiger partial charge >= 0.3 is 0 Å². The highest BCUT2D eigenvalue weighted by Crippen LogP contribution is 2.38. The van der Waals surface area contributed by atoms with Crippen molar-refractivity contribution in [2.45, 2.75) is 17.1 Å². The number of halogens is 2. The summed E-state index contributed by atoms with van der Waals surface area (Å²) in [6.07, 6.45) is 1.49. The number of amides is 3. The minimum absolute atomic E-state index is 0.0137. The van der Waals surface area contributed by atoms with Gasteiger partial charge in [-0.1, -0.05) is 108 Å². The summed E-state index contributed by atoms with van der Waals surface area (Å²) in [6, 6.07) is 40.0. The summed E-state index contributed by atoms with van der Waals surface area (Å²) in [5.74, 6) is -1.22. The van der Waals surface area contributed by atoms with Crippen LogP contribution in [-0.4, -0.2) is 22.7 Å².